The Labute approximate surface area is 123 Å². The average molecular weight is 280 g/mol. The normalized spacial score (nSPS) is 10.8. The van der Waals surface area contributed by atoms with Crippen LogP contribution >= 0.6 is 0 Å². The van der Waals surface area contributed by atoms with E-state index in [-0.39, 0.29) is 0 Å². The number of aryl methyl sites for hydroxylation is 1. The Bertz CT molecular complexity index is 788. The van der Waals surface area contributed by atoms with Gasteiger partial charge in [-0.2, -0.15) is 0 Å². The summed E-state index contributed by atoms with van der Waals surface area (Å²) in [5.41, 5.74) is 4.40. The van der Waals surface area contributed by atoms with Gasteiger partial charge in [-0.05, 0) is 36.2 Å². The van der Waals surface area contributed by atoms with Crippen LogP contribution in [0.2, 0.25) is 0 Å². The number of rotatable bonds is 4. The van der Waals surface area contributed by atoms with Gasteiger partial charge in [-0.3, -0.25) is 9.20 Å². The van der Waals surface area contributed by atoms with E-state index in [0.29, 0.717) is 12.1 Å². The summed E-state index contributed by atoms with van der Waals surface area (Å²) >= 11 is 0. The molecule has 3 rings (SSSR count). The van der Waals surface area contributed by atoms with Crippen molar-refractivity contribution in [1.29, 1.82) is 0 Å². The van der Waals surface area contributed by atoms with Gasteiger partial charge in [-0.25, -0.2) is 4.98 Å². The molecule has 0 radical (unpaired) electrons. The van der Waals surface area contributed by atoms with E-state index in [2.05, 4.69) is 4.98 Å². The molecule has 0 atom stereocenters. The highest BCUT2D eigenvalue weighted by molar-refractivity contribution is 5.77. The lowest BCUT2D eigenvalue weighted by molar-refractivity contribution is 0.111. The van der Waals surface area contributed by atoms with Crippen LogP contribution in [0.4, 0.5) is 0 Å². The maximum absolute atomic E-state index is 11.4. The quantitative estimate of drug-likeness (QED) is 0.690. The van der Waals surface area contributed by atoms with Crippen LogP contribution in [0.1, 0.15) is 27.3 Å². The first kappa shape index (κ1) is 13.4. The number of carbonyl (C=O) groups is 1. The summed E-state index contributed by atoms with van der Waals surface area (Å²) in [4.78, 5) is 16.0. The van der Waals surface area contributed by atoms with E-state index in [1.807, 2.05) is 53.9 Å². The van der Waals surface area contributed by atoms with Crippen LogP contribution in [0.25, 0.3) is 5.65 Å². The van der Waals surface area contributed by atoms with Gasteiger partial charge in [-0.15, -0.1) is 0 Å². The molecule has 0 unspecified atom stereocenters. The molecule has 2 heterocycles. The molecule has 3 aromatic rings. The van der Waals surface area contributed by atoms with Crippen molar-refractivity contribution < 1.29 is 9.53 Å². The van der Waals surface area contributed by atoms with Crippen LogP contribution in [0.15, 0.2) is 42.6 Å². The van der Waals surface area contributed by atoms with Crippen molar-refractivity contribution >= 4 is 11.9 Å². The molecule has 0 saturated heterocycles. The first-order chi connectivity index (χ1) is 10.2. The lowest BCUT2D eigenvalue weighted by atomic mass is 10.1. The van der Waals surface area contributed by atoms with Gasteiger partial charge in [0.2, 0.25) is 0 Å². The van der Waals surface area contributed by atoms with E-state index in [1.54, 1.807) is 7.11 Å². The van der Waals surface area contributed by atoms with Crippen molar-refractivity contribution in [1.82, 2.24) is 9.38 Å². The molecule has 1 aromatic carbocycles. The highest BCUT2D eigenvalue weighted by Gasteiger charge is 2.13. The lowest BCUT2D eigenvalue weighted by Gasteiger charge is -2.02. The molecule has 0 aliphatic heterocycles. The Morgan fingerprint density at radius 1 is 1.24 bits per heavy atom. The van der Waals surface area contributed by atoms with Crippen LogP contribution < -0.4 is 4.74 Å². The van der Waals surface area contributed by atoms with Gasteiger partial charge < -0.3 is 4.74 Å². The zero-order chi connectivity index (χ0) is 14.8. The van der Waals surface area contributed by atoms with Crippen molar-refractivity contribution in [2.24, 2.45) is 0 Å². The van der Waals surface area contributed by atoms with Gasteiger partial charge in [0, 0.05) is 12.6 Å². The summed E-state index contributed by atoms with van der Waals surface area (Å²) in [5.74, 6) is 0.820. The summed E-state index contributed by atoms with van der Waals surface area (Å²) in [5, 5.41) is 0. The summed E-state index contributed by atoms with van der Waals surface area (Å²) in [6, 6.07) is 11.7. The van der Waals surface area contributed by atoms with Crippen LogP contribution in [-0.2, 0) is 6.42 Å². The molecule has 0 fully saturated rings. The number of nitrogens with zero attached hydrogens (tertiary/aromatic N) is 2. The molecule has 0 aliphatic carbocycles. The van der Waals surface area contributed by atoms with Gasteiger partial charge in [-0.1, -0.05) is 18.2 Å². The van der Waals surface area contributed by atoms with E-state index in [4.69, 9.17) is 4.74 Å². The second-order valence-corrected chi connectivity index (χ2v) is 4.97. The largest absolute Gasteiger partial charge is 0.497 e. The van der Waals surface area contributed by atoms with E-state index in [1.165, 1.54) is 0 Å². The monoisotopic (exact) mass is 280 g/mol. The molecule has 0 aliphatic rings. The Morgan fingerprint density at radius 2 is 2.00 bits per heavy atom. The third-order valence-corrected chi connectivity index (χ3v) is 3.60. The predicted octanol–water partition coefficient (Wildman–Crippen LogP) is 3.05. The van der Waals surface area contributed by atoms with Gasteiger partial charge in [0.25, 0.3) is 0 Å². The summed E-state index contributed by atoms with van der Waals surface area (Å²) in [7, 11) is 1.64. The molecular formula is C17H16N2O2. The fraction of sp³-hybridized carbons (Fsp3) is 0.176. The molecule has 0 saturated carbocycles. The van der Waals surface area contributed by atoms with Gasteiger partial charge in [0.15, 0.2) is 6.29 Å². The SMILES string of the molecule is COc1ccc(Cc2nc3c(C)cccn3c2C=O)cc1. The lowest BCUT2D eigenvalue weighted by Crippen LogP contribution is -1.96. The number of aromatic nitrogens is 2. The second-order valence-electron chi connectivity index (χ2n) is 4.97. The highest BCUT2D eigenvalue weighted by Crippen LogP contribution is 2.19. The number of ether oxygens (including phenoxy) is 1. The summed E-state index contributed by atoms with van der Waals surface area (Å²) < 4.78 is 7.00. The number of imidazole rings is 1. The van der Waals surface area contributed by atoms with Crippen LogP contribution in [-0.4, -0.2) is 22.8 Å². The number of benzene rings is 1. The van der Waals surface area contributed by atoms with E-state index >= 15 is 0 Å². The molecule has 4 nitrogen and oxygen atoms in total. The van der Waals surface area contributed by atoms with Crippen LogP contribution in [0.5, 0.6) is 5.75 Å². The van der Waals surface area contributed by atoms with E-state index in [0.717, 1.165) is 34.5 Å². The second kappa shape index (κ2) is 5.40. The Balaban J connectivity index is 2.03. The van der Waals surface area contributed by atoms with Gasteiger partial charge in [0.1, 0.15) is 17.1 Å². The number of hydrogen-bond acceptors (Lipinski definition) is 3. The van der Waals surface area contributed by atoms with Crippen molar-refractivity contribution in [2.45, 2.75) is 13.3 Å². The highest BCUT2D eigenvalue weighted by atomic mass is 16.5. The first-order valence-electron chi connectivity index (χ1n) is 6.77. The minimum atomic E-state index is 0.615. The zero-order valence-electron chi connectivity index (χ0n) is 12.0. The predicted molar refractivity (Wildman–Crippen MR) is 81.1 cm³/mol. The number of carbonyl (C=O) groups excluding carboxylic acids is 1. The smallest absolute Gasteiger partial charge is 0.168 e. The Kier molecular flexibility index (Phi) is 3.44. The standard InChI is InChI=1S/C17H16N2O2/c1-12-4-3-9-19-16(11-20)15(18-17(12)19)10-13-5-7-14(21-2)8-6-13/h3-9,11H,10H2,1-2H3. The van der Waals surface area contributed by atoms with Crippen molar-refractivity contribution in [3.05, 3.63) is 65.1 Å². The fourth-order valence-corrected chi connectivity index (χ4v) is 2.46. The van der Waals surface area contributed by atoms with Crippen molar-refractivity contribution in [3.8, 4) is 5.75 Å². The number of hydrogen-bond donors (Lipinski definition) is 0. The molecule has 0 amide bonds. The van der Waals surface area contributed by atoms with Crippen molar-refractivity contribution in [3.63, 3.8) is 0 Å². The third kappa shape index (κ3) is 2.40. The maximum atomic E-state index is 11.4. The Morgan fingerprint density at radius 3 is 2.67 bits per heavy atom. The van der Waals surface area contributed by atoms with E-state index < -0.39 is 0 Å². The zero-order valence-corrected chi connectivity index (χ0v) is 12.0. The minimum absolute atomic E-state index is 0.615. The first-order valence-corrected chi connectivity index (χ1v) is 6.77. The molecular weight excluding hydrogens is 264 g/mol. The van der Waals surface area contributed by atoms with Crippen LogP contribution in [0, 0.1) is 6.92 Å². The summed E-state index contributed by atoms with van der Waals surface area (Å²) in [6.45, 7) is 1.99. The minimum Gasteiger partial charge on any atom is -0.497 e. The fourth-order valence-electron chi connectivity index (χ4n) is 2.46. The summed E-state index contributed by atoms with van der Waals surface area (Å²) in [6.07, 6.45) is 3.37. The molecule has 0 bridgehead atoms. The molecule has 0 spiro atoms. The molecule has 2 aromatic heterocycles. The molecule has 4 heteroatoms. The average Bonchev–Trinajstić information content (AvgIpc) is 2.87. The maximum Gasteiger partial charge on any atom is 0.168 e. The van der Waals surface area contributed by atoms with Crippen LogP contribution in [0.3, 0.4) is 0 Å². The Hall–Kier alpha value is -2.62. The number of pyridine rings is 1. The molecule has 0 N–H and O–H groups in total. The number of aldehydes is 1. The van der Waals surface area contributed by atoms with Gasteiger partial charge in [0.05, 0.1) is 12.8 Å². The molecule has 21 heavy (non-hydrogen) atoms. The van der Waals surface area contributed by atoms with E-state index in [9.17, 15) is 4.79 Å². The number of methoxy groups -OCH3 is 1. The number of fused-ring (bicyclic) bond motifs is 1. The molecule has 106 valence electrons. The topological polar surface area (TPSA) is 43.6 Å². The third-order valence-electron chi connectivity index (χ3n) is 3.60. The van der Waals surface area contributed by atoms with Crippen molar-refractivity contribution in [2.75, 3.05) is 7.11 Å². The van der Waals surface area contributed by atoms with Gasteiger partial charge >= 0.3 is 0 Å².